The van der Waals surface area contributed by atoms with Crippen molar-refractivity contribution in [3.8, 4) is 0 Å². The fraction of sp³-hybridized carbons (Fsp3) is 0.429. The van der Waals surface area contributed by atoms with Gasteiger partial charge in [0.15, 0.2) is 0 Å². The van der Waals surface area contributed by atoms with Gasteiger partial charge >= 0.3 is 0 Å². The third-order valence-corrected chi connectivity index (χ3v) is 4.76. The van der Waals surface area contributed by atoms with Gasteiger partial charge in [0.2, 0.25) is 0 Å². The largest absolute Gasteiger partial charge is 0.379 e. The minimum Gasteiger partial charge on any atom is -0.379 e. The number of anilines is 2. The van der Waals surface area contributed by atoms with Crippen molar-refractivity contribution in [1.82, 2.24) is 15.2 Å². The molecule has 1 aromatic carbocycles. The Morgan fingerprint density at radius 1 is 1.15 bits per heavy atom. The summed E-state index contributed by atoms with van der Waals surface area (Å²) in [6.45, 7) is 11.1. The number of hydrogen-bond donors (Lipinski definition) is 2. The summed E-state index contributed by atoms with van der Waals surface area (Å²) in [5.74, 6) is -0.149. The maximum Gasteiger partial charge on any atom is 0.269 e. The van der Waals surface area contributed by atoms with Crippen LogP contribution in [0.2, 0.25) is 0 Å². The Labute approximate surface area is 160 Å². The lowest BCUT2D eigenvalue weighted by molar-refractivity contribution is 0.0383. The Bertz CT molecular complexity index is 778. The van der Waals surface area contributed by atoms with Crippen molar-refractivity contribution in [2.24, 2.45) is 0 Å². The van der Waals surface area contributed by atoms with Gasteiger partial charge < -0.3 is 15.4 Å². The van der Waals surface area contributed by atoms with E-state index in [9.17, 15) is 4.79 Å². The van der Waals surface area contributed by atoms with E-state index < -0.39 is 0 Å². The average Bonchev–Trinajstić information content (AvgIpc) is 2.66. The highest BCUT2D eigenvalue weighted by atomic mass is 16.5. The molecule has 0 radical (unpaired) electrons. The quantitative estimate of drug-likeness (QED) is 0.821. The lowest BCUT2D eigenvalue weighted by Crippen LogP contribution is -2.41. The molecule has 0 saturated carbocycles. The molecular formula is C21H28N4O2. The summed E-state index contributed by atoms with van der Waals surface area (Å²) in [4.78, 5) is 18.9. The van der Waals surface area contributed by atoms with Crippen LogP contribution in [0.4, 0.5) is 11.4 Å². The van der Waals surface area contributed by atoms with Crippen LogP contribution >= 0.6 is 0 Å². The second-order valence-electron chi connectivity index (χ2n) is 7.04. The molecule has 2 heterocycles. The molecule has 1 fully saturated rings. The molecule has 0 bridgehead atoms. The molecule has 1 amide bonds. The van der Waals surface area contributed by atoms with Crippen molar-refractivity contribution in [1.29, 1.82) is 0 Å². The zero-order valence-corrected chi connectivity index (χ0v) is 16.3. The molecule has 144 valence electrons. The van der Waals surface area contributed by atoms with Gasteiger partial charge in [-0.25, -0.2) is 0 Å². The fourth-order valence-corrected chi connectivity index (χ4v) is 3.40. The summed E-state index contributed by atoms with van der Waals surface area (Å²) in [5, 5.41) is 6.38. The highest BCUT2D eigenvalue weighted by molar-refractivity contribution is 5.93. The Morgan fingerprint density at radius 3 is 2.56 bits per heavy atom. The first-order chi connectivity index (χ1) is 13.0. The standard InChI is InChI=1S/C21H28N4O2/c1-15-12-16(2)20(17(3)13-15)24-18-4-5-22-19(14-18)21(26)23-6-7-25-8-10-27-11-9-25/h4-5,12-14H,6-11H2,1-3H3,(H,22,24)(H,23,26). The van der Waals surface area contributed by atoms with Crippen LogP contribution in [0.5, 0.6) is 0 Å². The number of rotatable bonds is 6. The maximum atomic E-state index is 12.4. The molecule has 0 unspecified atom stereocenters. The maximum absolute atomic E-state index is 12.4. The summed E-state index contributed by atoms with van der Waals surface area (Å²) in [7, 11) is 0. The predicted molar refractivity (Wildman–Crippen MR) is 108 cm³/mol. The molecule has 1 aromatic heterocycles. The average molecular weight is 368 g/mol. The van der Waals surface area contributed by atoms with Crippen LogP contribution in [0, 0.1) is 20.8 Å². The molecule has 0 spiro atoms. The van der Waals surface area contributed by atoms with Crippen LogP contribution in [0.15, 0.2) is 30.5 Å². The molecule has 0 atom stereocenters. The van der Waals surface area contributed by atoms with E-state index in [2.05, 4.69) is 53.4 Å². The molecular weight excluding hydrogens is 340 g/mol. The highest BCUT2D eigenvalue weighted by Gasteiger charge is 2.12. The summed E-state index contributed by atoms with van der Waals surface area (Å²) < 4.78 is 5.34. The van der Waals surface area contributed by atoms with Gasteiger partial charge in [0.05, 0.1) is 13.2 Å². The number of ether oxygens (including phenoxy) is 1. The minimum absolute atomic E-state index is 0.149. The van der Waals surface area contributed by atoms with Crippen LogP contribution < -0.4 is 10.6 Å². The topological polar surface area (TPSA) is 66.5 Å². The van der Waals surface area contributed by atoms with E-state index in [4.69, 9.17) is 4.74 Å². The summed E-state index contributed by atoms with van der Waals surface area (Å²) in [6, 6.07) is 7.97. The normalized spacial score (nSPS) is 14.8. The molecule has 2 aromatic rings. The molecule has 1 saturated heterocycles. The lowest BCUT2D eigenvalue weighted by Gasteiger charge is -2.26. The third kappa shape index (κ3) is 5.28. The number of morpholine rings is 1. The molecule has 6 nitrogen and oxygen atoms in total. The van der Waals surface area contributed by atoms with Crippen molar-refractivity contribution >= 4 is 17.3 Å². The van der Waals surface area contributed by atoms with Crippen LogP contribution in [0.1, 0.15) is 27.2 Å². The molecule has 0 aliphatic carbocycles. The molecule has 3 rings (SSSR count). The van der Waals surface area contributed by atoms with Crippen LogP contribution in [0.3, 0.4) is 0 Å². The number of carbonyl (C=O) groups is 1. The van der Waals surface area contributed by atoms with Crippen molar-refractivity contribution in [3.05, 3.63) is 52.8 Å². The number of nitrogens with zero attached hydrogens (tertiary/aromatic N) is 2. The van der Waals surface area contributed by atoms with E-state index >= 15 is 0 Å². The van der Waals surface area contributed by atoms with Gasteiger partial charge in [0.25, 0.3) is 5.91 Å². The third-order valence-electron chi connectivity index (χ3n) is 4.76. The predicted octanol–water partition coefficient (Wildman–Crippen LogP) is 2.81. The minimum atomic E-state index is -0.149. The molecule has 27 heavy (non-hydrogen) atoms. The Kier molecular flexibility index (Phi) is 6.42. The van der Waals surface area contributed by atoms with Gasteiger partial charge in [0, 0.05) is 43.8 Å². The van der Waals surface area contributed by atoms with Gasteiger partial charge in [-0.1, -0.05) is 17.7 Å². The first kappa shape index (κ1) is 19.3. The van der Waals surface area contributed by atoms with E-state index in [-0.39, 0.29) is 5.91 Å². The van der Waals surface area contributed by atoms with Crippen LogP contribution in [-0.4, -0.2) is 55.2 Å². The number of carbonyl (C=O) groups excluding carboxylic acids is 1. The first-order valence-electron chi connectivity index (χ1n) is 9.42. The lowest BCUT2D eigenvalue weighted by atomic mass is 10.0. The highest BCUT2D eigenvalue weighted by Crippen LogP contribution is 2.25. The van der Waals surface area contributed by atoms with Gasteiger partial charge in [-0.2, -0.15) is 0 Å². The second kappa shape index (κ2) is 8.97. The Balaban J connectivity index is 1.60. The second-order valence-corrected chi connectivity index (χ2v) is 7.04. The molecule has 1 aliphatic heterocycles. The van der Waals surface area contributed by atoms with Gasteiger partial charge in [0.1, 0.15) is 5.69 Å². The van der Waals surface area contributed by atoms with Crippen molar-refractivity contribution in [2.45, 2.75) is 20.8 Å². The van der Waals surface area contributed by atoms with Gasteiger partial charge in [-0.3, -0.25) is 14.7 Å². The number of aryl methyl sites for hydroxylation is 3. The van der Waals surface area contributed by atoms with Crippen LogP contribution in [-0.2, 0) is 4.74 Å². The van der Waals surface area contributed by atoms with Crippen molar-refractivity contribution in [3.63, 3.8) is 0 Å². The first-order valence-corrected chi connectivity index (χ1v) is 9.42. The van der Waals surface area contributed by atoms with Gasteiger partial charge in [-0.15, -0.1) is 0 Å². The van der Waals surface area contributed by atoms with E-state index in [1.165, 1.54) is 16.7 Å². The number of nitrogens with one attached hydrogen (secondary N) is 2. The summed E-state index contributed by atoms with van der Waals surface area (Å²) in [6.07, 6.45) is 1.66. The number of benzene rings is 1. The number of hydrogen-bond acceptors (Lipinski definition) is 5. The van der Waals surface area contributed by atoms with Crippen LogP contribution in [0.25, 0.3) is 0 Å². The molecule has 1 aliphatic rings. The SMILES string of the molecule is Cc1cc(C)c(Nc2ccnc(C(=O)NCCN3CCOCC3)c2)c(C)c1. The Hall–Kier alpha value is -2.44. The van der Waals surface area contributed by atoms with E-state index in [1.807, 2.05) is 6.07 Å². The number of amides is 1. The number of pyridine rings is 1. The number of aromatic nitrogens is 1. The zero-order valence-electron chi connectivity index (χ0n) is 16.3. The molecule has 2 N–H and O–H groups in total. The summed E-state index contributed by atoms with van der Waals surface area (Å²) in [5.41, 5.74) is 5.96. The monoisotopic (exact) mass is 368 g/mol. The van der Waals surface area contributed by atoms with Crippen molar-refractivity contribution < 1.29 is 9.53 Å². The van der Waals surface area contributed by atoms with Gasteiger partial charge in [-0.05, 0) is 44.0 Å². The van der Waals surface area contributed by atoms with E-state index in [0.717, 1.165) is 44.2 Å². The Morgan fingerprint density at radius 2 is 1.85 bits per heavy atom. The summed E-state index contributed by atoms with van der Waals surface area (Å²) >= 11 is 0. The van der Waals surface area contributed by atoms with Crippen molar-refractivity contribution in [2.75, 3.05) is 44.7 Å². The zero-order chi connectivity index (χ0) is 19.2. The molecule has 6 heteroatoms. The van der Waals surface area contributed by atoms with E-state index in [0.29, 0.717) is 12.2 Å². The smallest absolute Gasteiger partial charge is 0.269 e. The fourth-order valence-electron chi connectivity index (χ4n) is 3.40. The van der Waals surface area contributed by atoms with E-state index in [1.54, 1.807) is 12.3 Å².